The number of nitrogens with zero attached hydrogens (tertiary/aromatic N) is 2. The van der Waals surface area contributed by atoms with Gasteiger partial charge in [0.15, 0.2) is 0 Å². The second-order valence-corrected chi connectivity index (χ2v) is 6.38. The Morgan fingerprint density at radius 2 is 2.10 bits per heavy atom. The lowest BCUT2D eigenvalue weighted by molar-refractivity contribution is -0.135. The molecule has 0 aromatic rings. The Bertz CT molecular complexity index is 372. The van der Waals surface area contributed by atoms with E-state index < -0.39 is 0 Å². The maximum absolute atomic E-state index is 12.7. The zero-order valence-corrected chi connectivity index (χ0v) is 12.9. The molecule has 3 unspecified atom stereocenters. The highest BCUT2D eigenvalue weighted by molar-refractivity contribution is 5.90. The summed E-state index contributed by atoms with van der Waals surface area (Å²) in [5.41, 5.74) is 0. The summed E-state index contributed by atoms with van der Waals surface area (Å²) in [6.07, 6.45) is 2.48. The quantitative estimate of drug-likeness (QED) is 0.825. The first-order valence-electron chi connectivity index (χ1n) is 7.78. The molecule has 0 radical (unpaired) electrons. The molecular formula is C15H27N3O2. The molecule has 0 aromatic heterocycles. The zero-order chi connectivity index (χ0) is 14.7. The van der Waals surface area contributed by atoms with Crippen molar-refractivity contribution in [3.63, 3.8) is 0 Å². The van der Waals surface area contributed by atoms with Gasteiger partial charge in [0.25, 0.3) is 0 Å². The molecule has 5 nitrogen and oxygen atoms in total. The van der Waals surface area contributed by atoms with Crippen LogP contribution in [0.1, 0.15) is 33.1 Å². The second kappa shape index (κ2) is 6.57. The second-order valence-electron chi connectivity index (χ2n) is 6.38. The largest absolute Gasteiger partial charge is 0.344 e. The van der Waals surface area contributed by atoms with Crippen molar-refractivity contribution in [3.05, 3.63) is 0 Å². The standard InChI is InChI=1S/C15H27N3O2/c1-4-11(2)14-15(20)18(8-6-13(19)16-14)10-12-5-7-17(3)9-12/h11-12,14H,4-10H2,1-3H3,(H,16,19). The summed E-state index contributed by atoms with van der Waals surface area (Å²) < 4.78 is 0. The summed E-state index contributed by atoms with van der Waals surface area (Å²) in [5, 5.41) is 2.90. The van der Waals surface area contributed by atoms with Crippen molar-refractivity contribution in [1.29, 1.82) is 0 Å². The number of likely N-dealkylation sites (tertiary alicyclic amines) is 1. The first-order chi connectivity index (χ1) is 9.51. The molecule has 2 heterocycles. The van der Waals surface area contributed by atoms with E-state index in [-0.39, 0.29) is 23.8 Å². The third kappa shape index (κ3) is 3.51. The van der Waals surface area contributed by atoms with Gasteiger partial charge in [-0.3, -0.25) is 9.59 Å². The van der Waals surface area contributed by atoms with Crippen LogP contribution >= 0.6 is 0 Å². The van der Waals surface area contributed by atoms with Crippen molar-refractivity contribution in [3.8, 4) is 0 Å². The Hall–Kier alpha value is -1.10. The minimum Gasteiger partial charge on any atom is -0.344 e. The monoisotopic (exact) mass is 281 g/mol. The van der Waals surface area contributed by atoms with Crippen LogP contribution in [0.4, 0.5) is 0 Å². The number of nitrogens with one attached hydrogen (secondary N) is 1. The normalized spacial score (nSPS) is 30.2. The fraction of sp³-hybridized carbons (Fsp3) is 0.867. The molecule has 0 bridgehead atoms. The van der Waals surface area contributed by atoms with Crippen LogP contribution in [0.5, 0.6) is 0 Å². The summed E-state index contributed by atoms with van der Waals surface area (Å²) in [7, 11) is 2.12. The SMILES string of the molecule is CCC(C)C1NC(=O)CCN(CC2CCN(C)C2)C1=O. The van der Waals surface area contributed by atoms with Crippen molar-refractivity contribution < 1.29 is 9.59 Å². The van der Waals surface area contributed by atoms with Crippen LogP contribution in [-0.4, -0.2) is 60.9 Å². The van der Waals surface area contributed by atoms with Crippen LogP contribution in [-0.2, 0) is 9.59 Å². The van der Waals surface area contributed by atoms with Gasteiger partial charge in [-0.05, 0) is 31.8 Å². The lowest BCUT2D eigenvalue weighted by atomic mass is 9.97. The Balaban J connectivity index is 2.03. The van der Waals surface area contributed by atoms with Crippen molar-refractivity contribution in [2.24, 2.45) is 11.8 Å². The average molecular weight is 281 g/mol. The van der Waals surface area contributed by atoms with E-state index in [0.717, 1.165) is 32.5 Å². The highest BCUT2D eigenvalue weighted by Crippen LogP contribution is 2.19. The minimum absolute atomic E-state index is 0.00897. The van der Waals surface area contributed by atoms with E-state index in [9.17, 15) is 9.59 Å². The number of rotatable bonds is 4. The molecular weight excluding hydrogens is 254 g/mol. The highest BCUT2D eigenvalue weighted by atomic mass is 16.2. The first kappa shape index (κ1) is 15.3. The van der Waals surface area contributed by atoms with E-state index in [1.165, 1.54) is 0 Å². The summed E-state index contributed by atoms with van der Waals surface area (Å²) in [5.74, 6) is 0.863. The van der Waals surface area contributed by atoms with E-state index in [1.807, 2.05) is 11.8 Å². The smallest absolute Gasteiger partial charge is 0.245 e. The highest BCUT2D eigenvalue weighted by Gasteiger charge is 2.34. The predicted octanol–water partition coefficient (Wildman–Crippen LogP) is 0.701. The average Bonchev–Trinajstić information content (AvgIpc) is 2.78. The summed E-state index contributed by atoms with van der Waals surface area (Å²) in [6.45, 7) is 7.63. The third-order valence-corrected chi connectivity index (χ3v) is 4.68. The number of hydrogen-bond acceptors (Lipinski definition) is 3. The van der Waals surface area contributed by atoms with Gasteiger partial charge in [0.2, 0.25) is 11.8 Å². The molecule has 114 valence electrons. The van der Waals surface area contributed by atoms with Crippen LogP contribution < -0.4 is 5.32 Å². The Morgan fingerprint density at radius 3 is 2.70 bits per heavy atom. The Morgan fingerprint density at radius 1 is 1.35 bits per heavy atom. The van der Waals surface area contributed by atoms with Gasteiger partial charge in [-0.25, -0.2) is 0 Å². The number of hydrogen-bond donors (Lipinski definition) is 1. The zero-order valence-electron chi connectivity index (χ0n) is 12.9. The maximum atomic E-state index is 12.7. The lowest BCUT2D eigenvalue weighted by Crippen LogP contribution is -2.49. The fourth-order valence-electron chi connectivity index (χ4n) is 3.14. The number of carbonyl (C=O) groups excluding carboxylic acids is 2. The molecule has 1 N–H and O–H groups in total. The summed E-state index contributed by atoms with van der Waals surface area (Å²) in [4.78, 5) is 28.7. The molecule has 2 saturated heterocycles. The van der Waals surface area contributed by atoms with Gasteiger partial charge >= 0.3 is 0 Å². The van der Waals surface area contributed by atoms with E-state index in [4.69, 9.17) is 0 Å². The Labute approximate surface area is 121 Å². The number of carbonyl (C=O) groups is 2. The van der Waals surface area contributed by atoms with Gasteiger partial charge in [0.1, 0.15) is 6.04 Å². The first-order valence-corrected chi connectivity index (χ1v) is 7.78. The summed E-state index contributed by atoms with van der Waals surface area (Å²) in [6, 6.07) is -0.339. The Kier molecular flexibility index (Phi) is 5.02. The molecule has 0 aliphatic carbocycles. The molecule has 2 amide bonds. The van der Waals surface area contributed by atoms with Crippen molar-refractivity contribution >= 4 is 11.8 Å². The summed E-state index contributed by atoms with van der Waals surface area (Å²) >= 11 is 0. The van der Waals surface area contributed by atoms with Gasteiger partial charge in [-0.1, -0.05) is 20.3 Å². The molecule has 0 aromatic carbocycles. The topological polar surface area (TPSA) is 52.7 Å². The molecule has 2 aliphatic rings. The number of amides is 2. The molecule has 20 heavy (non-hydrogen) atoms. The van der Waals surface area contributed by atoms with E-state index in [0.29, 0.717) is 18.9 Å². The molecule has 0 spiro atoms. The predicted molar refractivity (Wildman–Crippen MR) is 78.2 cm³/mol. The maximum Gasteiger partial charge on any atom is 0.245 e. The van der Waals surface area contributed by atoms with E-state index in [1.54, 1.807) is 0 Å². The molecule has 2 rings (SSSR count). The van der Waals surface area contributed by atoms with Crippen LogP contribution in [0.25, 0.3) is 0 Å². The van der Waals surface area contributed by atoms with Gasteiger partial charge in [0, 0.05) is 26.1 Å². The fourth-order valence-corrected chi connectivity index (χ4v) is 3.14. The van der Waals surface area contributed by atoms with Gasteiger partial charge in [0.05, 0.1) is 0 Å². The third-order valence-electron chi connectivity index (χ3n) is 4.68. The van der Waals surface area contributed by atoms with Gasteiger partial charge in [-0.15, -0.1) is 0 Å². The molecule has 3 atom stereocenters. The molecule has 0 saturated carbocycles. The van der Waals surface area contributed by atoms with Gasteiger partial charge in [-0.2, -0.15) is 0 Å². The van der Waals surface area contributed by atoms with Crippen molar-refractivity contribution in [1.82, 2.24) is 15.1 Å². The van der Waals surface area contributed by atoms with Crippen LogP contribution in [0.3, 0.4) is 0 Å². The lowest BCUT2D eigenvalue weighted by Gasteiger charge is -2.29. The van der Waals surface area contributed by atoms with Crippen LogP contribution in [0.2, 0.25) is 0 Å². The van der Waals surface area contributed by atoms with Crippen LogP contribution in [0, 0.1) is 11.8 Å². The molecule has 2 aliphatic heterocycles. The minimum atomic E-state index is -0.339. The van der Waals surface area contributed by atoms with Crippen molar-refractivity contribution in [2.45, 2.75) is 39.2 Å². The van der Waals surface area contributed by atoms with Crippen LogP contribution in [0.15, 0.2) is 0 Å². The van der Waals surface area contributed by atoms with E-state index in [2.05, 4.69) is 24.2 Å². The molecule has 2 fully saturated rings. The van der Waals surface area contributed by atoms with Gasteiger partial charge < -0.3 is 15.1 Å². The van der Waals surface area contributed by atoms with Crippen molar-refractivity contribution in [2.75, 3.05) is 33.2 Å². The molecule has 5 heteroatoms. The van der Waals surface area contributed by atoms with E-state index >= 15 is 0 Å².